The number of hydrogen-bond donors (Lipinski definition) is 2. The molecule has 1 aliphatic carbocycles. The highest BCUT2D eigenvalue weighted by Crippen LogP contribution is 2.25. The molecule has 0 bridgehead atoms. The molecular formula is C16H21NO4. The zero-order chi connectivity index (χ0) is 15.2. The number of nitrogens with one attached hydrogen (secondary N) is 1. The average molecular weight is 291 g/mol. The molecule has 1 aromatic carbocycles. The summed E-state index contributed by atoms with van der Waals surface area (Å²) in [6.07, 6.45) is 2.18. The molecule has 0 radical (unpaired) electrons. The maximum Gasteiger partial charge on any atom is 0.306 e. The van der Waals surface area contributed by atoms with Gasteiger partial charge in [-0.2, -0.15) is 0 Å². The van der Waals surface area contributed by atoms with E-state index in [0.29, 0.717) is 19.4 Å². The van der Waals surface area contributed by atoms with Crippen molar-refractivity contribution in [1.82, 2.24) is 5.32 Å². The van der Waals surface area contributed by atoms with E-state index in [-0.39, 0.29) is 24.3 Å². The molecule has 1 fully saturated rings. The van der Waals surface area contributed by atoms with Gasteiger partial charge in [0.15, 0.2) is 0 Å². The highest BCUT2D eigenvalue weighted by atomic mass is 16.5. The standard InChI is InChI=1S/C16H21NO4/c1-11-2-6-14(7-3-11)21-9-8-15(18)17-13-5-4-12(10-13)16(19)20/h2-3,6-7,12-13H,4-5,8-10H2,1H3,(H,17,18)(H,19,20). The van der Waals surface area contributed by atoms with Crippen LogP contribution in [0.5, 0.6) is 5.75 Å². The van der Waals surface area contributed by atoms with E-state index in [1.165, 1.54) is 0 Å². The molecule has 0 aromatic heterocycles. The van der Waals surface area contributed by atoms with Crippen LogP contribution < -0.4 is 10.1 Å². The van der Waals surface area contributed by atoms with Gasteiger partial charge in [0.2, 0.25) is 5.91 Å². The molecule has 0 heterocycles. The molecule has 0 saturated heterocycles. The second kappa shape index (κ2) is 7.11. The van der Waals surface area contributed by atoms with Crippen molar-refractivity contribution in [2.75, 3.05) is 6.61 Å². The normalized spacial score (nSPS) is 21.0. The highest BCUT2D eigenvalue weighted by Gasteiger charge is 2.30. The third-order valence-corrected chi connectivity index (χ3v) is 3.77. The number of hydrogen-bond acceptors (Lipinski definition) is 3. The average Bonchev–Trinajstić information content (AvgIpc) is 2.90. The highest BCUT2D eigenvalue weighted by molar-refractivity contribution is 5.77. The number of carbonyl (C=O) groups excluding carboxylic acids is 1. The van der Waals surface area contributed by atoms with Crippen molar-refractivity contribution in [2.45, 2.75) is 38.6 Å². The van der Waals surface area contributed by atoms with E-state index in [1.807, 2.05) is 31.2 Å². The van der Waals surface area contributed by atoms with Crippen molar-refractivity contribution in [3.8, 4) is 5.75 Å². The zero-order valence-electron chi connectivity index (χ0n) is 12.2. The van der Waals surface area contributed by atoms with E-state index < -0.39 is 5.97 Å². The van der Waals surface area contributed by atoms with Crippen molar-refractivity contribution in [3.63, 3.8) is 0 Å². The second-order valence-electron chi connectivity index (χ2n) is 5.52. The van der Waals surface area contributed by atoms with E-state index in [9.17, 15) is 9.59 Å². The van der Waals surface area contributed by atoms with Crippen LogP contribution in [0.15, 0.2) is 24.3 Å². The SMILES string of the molecule is Cc1ccc(OCCC(=O)NC2CCC(C(=O)O)C2)cc1. The van der Waals surface area contributed by atoms with E-state index in [4.69, 9.17) is 9.84 Å². The largest absolute Gasteiger partial charge is 0.493 e. The van der Waals surface area contributed by atoms with Crippen LogP contribution in [-0.4, -0.2) is 29.6 Å². The number of carbonyl (C=O) groups is 2. The lowest BCUT2D eigenvalue weighted by molar-refractivity contribution is -0.141. The zero-order valence-corrected chi connectivity index (χ0v) is 12.2. The number of aliphatic carboxylic acids is 1. The summed E-state index contributed by atoms with van der Waals surface area (Å²) in [5, 5.41) is 11.8. The first-order chi connectivity index (χ1) is 10.0. The molecule has 5 heteroatoms. The van der Waals surface area contributed by atoms with Gasteiger partial charge in [-0.1, -0.05) is 17.7 Å². The molecule has 1 aromatic rings. The van der Waals surface area contributed by atoms with Crippen LogP contribution in [0.1, 0.15) is 31.2 Å². The van der Waals surface area contributed by atoms with Gasteiger partial charge in [0.05, 0.1) is 18.9 Å². The summed E-state index contributed by atoms with van der Waals surface area (Å²) >= 11 is 0. The Morgan fingerprint density at radius 3 is 2.62 bits per heavy atom. The van der Waals surface area contributed by atoms with Crippen LogP contribution in [0.25, 0.3) is 0 Å². The van der Waals surface area contributed by atoms with E-state index in [0.717, 1.165) is 17.7 Å². The smallest absolute Gasteiger partial charge is 0.306 e. The summed E-state index contributed by atoms with van der Waals surface area (Å²) in [5.74, 6) is -0.424. The van der Waals surface area contributed by atoms with Crippen LogP contribution in [0, 0.1) is 12.8 Å². The predicted octanol–water partition coefficient (Wildman–Crippen LogP) is 2.13. The van der Waals surface area contributed by atoms with Crippen LogP contribution in [0.3, 0.4) is 0 Å². The number of ether oxygens (including phenoxy) is 1. The van der Waals surface area contributed by atoms with Gasteiger partial charge in [-0.25, -0.2) is 0 Å². The molecule has 1 amide bonds. The van der Waals surface area contributed by atoms with Crippen molar-refractivity contribution in [1.29, 1.82) is 0 Å². The number of carboxylic acid groups (broad SMARTS) is 1. The van der Waals surface area contributed by atoms with Crippen molar-refractivity contribution in [2.24, 2.45) is 5.92 Å². The minimum Gasteiger partial charge on any atom is -0.493 e. The fourth-order valence-electron chi connectivity index (χ4n) is 2.53. The summed E-state index contributed by atoms with van der Waals surface area (Å²) in [5.41, 5.74) is 1.16. The summed E-state index contributed by atoms with van der Waals surface area (Å²) < 4.78 is 5.50. The molecular weight excluding hydrogens is 270 g/mol. The molecule has 1 aliphatic rings. The Morgan fingerprint density at radius 1 is 1.29 bits per heavy atom. The Morgan fingerprint density at radius 2 is 2.00 bits per heavy atom. The minimum absolute atomic E-state index is 0.0158. The monoisotopic (exact) mass is 291 g/mol. The quantitative estimate of drug-likeness (QED) is 0.842. The Labute approximate surface area is 124 Å². The second-order valence-corrected chi connectivity index (χ2v) is 5.52. The van der Waals surface area contributed by atoms with E-state index in [1.54, 1.807) is 0 Å². The Hall–Kier alpha value is -2.04. The number of carboxylic acids is 1. The van der Waals surface area contributed by atoms with E-state index in [2.05, 4.69) is 5.32 Å². The minimum atomic E-state index is -0.769. The first kappa shape index (κ1) is 15.4. The molecule has 2 N–H and O–H groups in total. The van der Waals surface area contributed by atoms with Crippen LogP contribution in [0.2, 0.25) is 0 Å². The van der Waals surface area contributed by atoms with Gasteiger partial charge >= 0.3 is 5.97 Å². The predicted molar refractivity (Wildman–Crippen MR) is 78.2 cm³/mol. The number of benzene rings is 1. The Balaban J connectivity index is 1.66. The van der Waals surface area contributed by atoms with E-state index >= 15 is 0 Å². The molecule has 2 rings (SSSR count). The summed E-state index contributed by atoms with van der Waals surface area (Å²) in [4.78, 5) is 22.6. The van der Waals surface area contributed by atoms with Gasteiger partial charge in [0.25, 0.3) is 0 Å². The summed E-state index contributed by atoms with van der Waals surface area (Å²) in [6, 6.07) is 7.65. The van der Waals surface area contributed by atoms with Crippen LogP contribution in [-0.2, 0) is 9.59 Å². The molecule has 0 aliphatic heterocycles. The third-order valence-electron chi connectivity index (χ3n) is 3.77. The van der Waals surface area contributed by atoms with Crippen LogP contribution in [0.4, 0.5) is 0 Å². The third kappa shape index (κ3) is 4.77. The first-order valence-corrected chi connectivity index (χ1v) is 7.26. The van der Waals surface area contributed by atoms with Gasteiger partial charge in [-0.05, 0) is 38.3 Å². The fraction of sp³-hybridized carbons (Fsp3) is 0.500. The lowest BCUT2D eigenvalue weighted by Crippen LogP contribution is -2.34. The molecule has 2 atom stereocenters. The van der Waals surface area contributed by atoms with Crippen molar-refractivity contribution in [3.05, 3.63) is 29.8 Å². The maximum atomic E-state index is 11.8. The lowest BCUT2D eigenvalue weighted by atomic mass is 10.1. The molecule has 21 heavy (non-hydrogen) atoms. The van der Waals surface area contributed by atoms with Gasteiger partial charge in [-0.15, -0.1) is 0 Å². The Bertz CT molecular complexity index is 498. The molecule has 5 nitrogen and oxygen atoms in total. The number of rotatable bonds is 6. The van der Waals surface area contributed by atoms with Crippen molar-refractivity contribution < 1.29 is 19.4 Å². The fourth-order valence-corrected chi connectivity index (χ4v) is 2.53. The maximum absolute atomic E-state index is 11.8. The molecule has 1 saturated carbocycles. The van der Waals surface area contributed by atoms with Gasteiger partial charge in [0, 0.05) is 6.04 Å². The summed E-state index contributed by atoms with van der Waals surface area (Å²) in [6.45, 7) is 2.33. The topological polar surface area (TPSA) is 75.6 Å². The van der Waals surface area contributed by atoms with Gasteiger partial charge < -0.3 is 15.2 Å². The molecule has 0 spiro atoms. The van der Waals surface area contributed by atoms with Crippen molar-refractivity contribution >= 4 is 11.9 Å². The lowest BCUT2D eigenvalue weighted by Gasteiger charge is -2.12. The Kier molecular flexibility index (Phi) is 5.20. The van der Waals surface area contributed by atoms with Crippen LogP contribution >= 0.6 is 0 Å². The number of amides is 1. The summed E-state index contributed by atoms with van der Waals surface area (Å²) in [7, 11) is 0. The van der Waals surface area contributed by atoms with Gasteiger partial charge in [-0.3, -0.25) is 9.59 Å². The number of aryl methyl sites for hydroxylation is 1. The molecule has 114 valence electrons. The van der Waals surface area contributed by atoms with Gasteiger partial charge in [0.1, 0.15) is 5.75 Å². The molecule has 2 unspecified atom stereocenters. The first-order valence-electron chi connectivity index (χ1n) is 7.26.